The largest absolute Gasteiger partial charge is 0.329 e. The van der Waals surface area contributed by atoms with Gasteiger partial charge in [0.2, 0.25) is 0 Å². The monoisotopic (exact) mass is 343 g/mol. The molecule has 3 nitrogen and oxygen atoms in total. The van der Waals surface area contributed by atoms with Crippen LogP contribution in [0.15, 0.2) is 22.7 Å². The minimum atomic E-state index is -0.180. The lowest BCUT2D eigenvalue weighted by atomic mass is 9.96. The molecule has 1 aromatic carbocycles. The fourth-order valence-electron chi connectivity index (χ4n) is 2.79. The third-order valence-electron chi connectivity index (χ3n) is 4.33. The van der Waals surface area contributed by atoms with Gasteiger partial charge in [-0.25, -0.2) is 4.39 Å². The molecule has 1 atom stereocenters. The number of benzene rings is 1. The van der Waals surface area contributed by atoms with Crippen molar-refractivity contribution in [1.29, 1.82) is 0 Å². The number of nitrogens with two attached hydrogens (primary N) is 1. The quantitative estimate of drug-likeness (QED) is 0.915. The van der Waals surface area contributed by atoms with E-state index >= 15 is 0 Å². The summed E-state index contributed by atoms with van der Waals surface area (Å²) in [5.41, 5.74) is 6.70. The molecule has 2 rings (SSSR count). The summed E-state index contributed by atoms with van der Waals surface area (Å²) in [4.78, 5) is 4.64. The zero-order valence-electron chi connectivity index (χ0n) is 12.4. The molecule has 1 aliphatic rings. The van der Waals surface area contributed by atoms with Crippen molar-refractivity contribution in [1.82, 2.24) is 9.80 Å². The number of rotatable bonds is 3. The van der Waals surface area contributed by atoms with E-state index in [1.54, 1.807) is 6.07 Å². The molecule has 0 amide bonds. The molecule has 0 radical (unpaired) electrons. The molecule has 0 aromatic heterocycles. The highest BCUT2D eigenvalue weighted by atomic mass is 79.9. The lowest BCUT2D eigenvalue weighted by Gasteiger charge is -2.48. The van der Waals surface area contributed by atoms with Crippen LogP contribution in [0.5, 0.6) is 0 Å². The van der Waals surface area contributed by atoms with Crippen molar-refractivity contribution in [2.45, 2.75) is 25.4 Å². The van der Waals surface area contributed by atoms with Crippen LogP contribution in [-0.2, 0) is 0 Å². The summed E-state index contributed by atoms with van der Waals surface area (Å²) in [6.45, 7) is 7.62. The molecule has 1 fully saturated rings. The standard InChI is InChI=1S/C15H23BrFN3/c1-15(2)10-20(7-6-19(15)3)14(9-18)12-8-11(16)4-5-13(12)17/h4-5,8,14H,6-7,9-10,18H2,1-3H3. The Balaban J connectivity index is 2.26. The van der Waals surface area contributed by atoms with E-state index in [1.165, 1.54) is 6.07 Å². The van der Waals surface area contributed by atoms with Gasteiger partial charge in [0.15, 0.2) is 0 Å². The normalized spacial score (nSPS) is 21.9. The van der Waals surface area contributed by atoms with Crippen LogP contribution in [0.25, 0.3) is 0 Å². The highest BCUT2D eigenvalue weighted by molar-refractivity contribution is 9.10. The second-order valence-electron chi connectivity index (χ2n) is 6.12. The zero-order chi connectivity index (χ0) is 14.9. The maximum Gasteiger partial charge on any atom is 0.128 e. The van der Waals surface area contributed by atoms with Gasteiger partial charge in [-0.2, -0.15) is 0 Å². The van der Waals surface area contributed by atoms with Gasteiger partial charge in [0.05, 0.1) is 6.04 Å². The van der Waals surface area contributed by atoms with Crippen molar-refractivity contribution in [2.24, 2.45) is 5.73 Å². The van der Waals surface area contributed by atoms with E-state index in [0.717, 1.165) is 24.1 Å². The van der Waals surface area contributed by atoms with Crippen molar-refractivity contribution in [3.8, 4) is 0 Å². The van der Waals surface area contributed by atoms with Gasteiger partial charge < -0.3 is 5.73 Å². The fourth-order valence-corrected chi connectivity index (χ4v) is 3.17. The number of hydrogen-bond acceptors (Lipinski definition) is 3. The molecule has 112 valence electrons. The van der Waals surface area contributed by atoms with E-state index in [4.69, 9.17) is 5.73 Å². The van der Waals surface area contributed by atoms with Gasteiger partial charge >= 0.3 is 0 Å². The van der Waals surface area contributed by atoms with Crippen LogP contribution in [0.1, 0.15) is 25.5 Å². The van der Waals surface area contributed by atoms with Crippen LogP contribution >= 0.6 is 15.9 Å². The number of piperazine rings is 1. The van der Waals surface area contributed by atoms with E-state index in [0.29, 0.717) is 12.1 Å². The molecule has 5 heteroatoms. The first-order valence-corrected chi connectivity index (χ1v) is 7.75. The Morgan fingerprint density at radius 3 is 2.70 bits per heavy atom. The van der Waals surface area contributed by atoms with Crippen LogP contribution < -0.4 is 5.73 Å². The Labute approximate surface area is 129 Å². The van der Waals surface area contributed by atoms with Crippen molar-refractivity contribution >= 4 is 15.9 Å². The van der Waals surface area contributed by atoms with Crippen molar-refractivity contribution in [3.05, 3.63) is 34.1 Å². The summed E-state index contributed by atoms with van der Waals surface area (Å²) in [5.74, 6) is -0.180. The first-order valence-electron chi connectivity index (χ1n) is 6.95. The van der Waals surface area contributed by atoms with Gasteiger partial charge in [0.1, 0.15) is 5.82 Å². The van der Waals surface area contributed by atoms with Crippen molar-refractivity contribution in [3.63, 3.8) is 0 Å². The van der Waals surface area contributed by atoms with Crippen LogP contribution in [-0.4, -0.2) is 48.6 Å². The van der Waals surface area contributed by atoms with Crippen molar-refractivity contribution in [2.75, 3.05) is 33.2 Å². The number of hydrogen-bond donors (Lipinski definition) is 1. The zero-order valence-corrected chi connectivity index (χ0v) is 14.0. The second-order valence-corrected chi connectivity index (χ2v) is 7.04. The Hall–Kier alpha value is -0.490. The number of nitrogens with zero attached hydrogens (tertiary/aromatic N) is 2. The smallest absolute Gasteiger partial charge is 0.128 e. The number of halogens is 2. The molecule has 20 heavy (non-hydrogen) atoms. The molecule has 1 unspecified atom stereocenters. The summed E-state index contributed by atoms with van der Waals surface area (Å²) in [6.07, 6.45) is 0. The Bertz CT molecular complexity index is 478. The maximum absolute atomic E-state index is 14.1. The highest BCUT2D eigenvalue weighted by Crippen LogP contribution is 2.30. The molecular formula is C15H23BrFN3. The van der Waals surface area contributed by atoms with Gasteiger partial charge in [0, 0.05) is 41.8 Å². The molecular weight excluding hydrogens is 321 g/mol. The van der Waals surface area contributed by atoms with E-state index in [1.807, 2.05) is 6.07 Å². The summed E-state index contributed by atoms with van der Waals surface area (Å²) < 4.78 is 15.0. The topological polar surface area (TPSA) is 32.5 Å². The molecule has 1 aromatic rings. The van der Waals surface area contributed by atoms with Crippen LogP contribution in [0, 0.1) is 5.82 Å². The average molecular weight is 344 g/mol. The van der Waals surface area contributed by atoms with Crippen molar-refractivity contribution < 1.29 is 4.39 Å². The lowest BCUT2D eigenvalue weighted by molar-refractivity contribution is 0.0173. The maximum atomic E-state index is 14.1. The summed E-state index contributed by atoms with van der Waals surface area (Å²) in [7, 11) is 2.13. The molecule has 1 saturated heterocycles. The predicted octanol–water partition coefficient (Wildman–Crippen LogP) is 2.61. The highest BCUT2D eigenvalue weighted by Gasteiger charge is 2.34. The molecule has 1 heterocycles. The van der Waals surface area contributed by atoms with Crippen LogP contribution in [0.4, 0.5) is 4.39 Å². The summed E-state index contributed by atoms with van der Waals surface area (Å²) in [6, 6.07) is 5.00. The third kappa shape index (κ3) is 3.22. The molecule has 0 aliphatic carbocycles. The first kappa shape index (κ1) is 15.9. The Morgan fingerprint density at radius 1 is 1.40 bits per heavy atom. The van der Waals surface area contributed by atoms with E-state index in [9.17, 15) is 4.39 Å². The Kier molecular flexibility index (Phi) is 4.84. The second kappa shape index (κ2) is 6.10. The molecule has 0 bridgehead atoms. The van der Waals surface area contributed by atoms with E-state index in [-0.39, 0.29) is 17.4 Å². The van der Waals surface area contributed by atoms with E-state index < -0.39 is 0 Å². The predicted molar refractivity (Wildman–Crippen MR) is 84.2 cm³/mol. The minimum absolute atomic E-state index is 0.0690. The minimum Gasteiger partial charge on any atom is -0.329 e. The molecule has 0 saturated carbocycles. The summed E-state index contributed by atoms with van der Waals surface area (Å²) in [5, 5.41) is 0. The average Bonchev–Trinajstić information content (AvgIpc) is 2.38. The SMILES string of the molecule is CN1CCN(C(CN)c2cc(Br)ccc2F)CC1(C)C. The third-order valence-corrected chi connectivity index (χ3v) is 4.82. The van der Waals surface area contributed by atoms with Gasteiger partial charge in [-0.1, -0.05) is 15.9 Å². The first-order chi connectivity index (χ1) is 9.35. The number of likely N-dealkylation sites (N-methyl/N-ethyl adjacent to an activating group) is 1. The Morgan fingerprint density at radius 2 is 2.10 bits per heavy atom. The van der Waals surface area contributed by atoms with Gasteiger partial charge in [-0.3, -0.25) is 9.80 Å². The van der Waals surface area contributed by atoms with Crippen LogP contribution in [0.3, 0.4) is 0 Å². The fraction of sp³-hybridized carbons (Fsp3) is 0.600. The lowest BCUT2D eigenvalue weighted by Crippen LogP contribution is -2.58. The molecule has 0 spiro atoms. The molecule has 2 N–H and O–H groups in total. The van der Waals surface area contributed by atoms with Gasteiger partial charge in [-0.05, 0) is 39.1 Å². The van der Waals surface area contributed by atoms with Gasteiger partial charge in [-0.15, -0.1) is 0 Å². The van der Waals surface area contributed by atoms with Gasteiger partial charge in [0.25, 0.3) is 0 Å². The summed E-state index contributed by atoms with van der Waals surface area (Å²) >= 11 is 3.42. The van der Waals surface area contributed by atoms with Crippen LogP contribution in [0.2, 0.25) is 0 Å². The molecule has 1 aliphatic heterocycles. The van der Waals surface area contributed by atoms with E-state index in [2.05, 4.69) is 46.6 Å².